The smallest absolute Gasteiger partial charge is 0.317 e. The van der Waals surface area contributed by atoms with Crippen molar-refractivity contribution in [2.45, 2.75) is 77.5 Å². The van der Waals surface area contributed by atoms with Gasteiger partial charge in [-0.1, -0.05) is 12.1 Å². The number of benzene rings is 1. The van der Waals surface area contributed by atoms with E-state index in [0.29, 0.717) is 12.6 Å². The van der Waals surface area contributed by atoms with E-state index in [0.717, 1.165) is 50.8 Å². The highest BCUT2D eigenvalue weighted by Crippen LogP contribution is 2.22. The van der Waals surface area contributed by atoms with Gasteiger partial charge in [-0.05, 0) is 77.0 Å². The summed E-state index contributed by atoms with van der Waals surface area (Å²) in [4.78, 5) is 26.7. The van der Waals surface area contributed by atoms with Crippen molar-refractivity contribution in [1.29, 1.82) is 0 Å². The van der Waals surface area contributed by atoms with Gasteiger partial charge in [-0.3, -0.25) is 4.79 Å². The molecule has 1 aromatic carbocycles. The number of hydrogen-bond donors (Lipinski definition) is 2. The molecule has 1 saturated carbocycles. The number of hydrogen-bond acceptors (Lipinski definition) is 3. The van der Waals surface area contributed by atoms with Crippen LogP contribution >= 0.6 is 0 Å². The number of carbonyl (C=O) groups is 2. The zero-order chi connectivity index (χ0) is 20.8. The minimum Gasteiger partial charge on any atom is -0.491 e. The molecule has 2 unspecified atom stereocenters. The highest BCUT2D eigenvalue weighted by atomic mass is 16.5. The minimum absolute atomic E-state index is 0.0536. The summed E-state index contributed by atoms with van der Waals surface area (Å²) in [5, 5.41) is 6.17. The second-order valence-electron chi connectivity index (χ2n) is 8.77. The van der Waals surface area contributed by atoms with Gasteiger partial charge in [0.1, 0.15) is 5.75 Å². The Bertz CT molecular complexity index is 685. The molecule has 0 bridgehead atoms. The van der Waals surface area contributed by atoms with Gasteiger partial charge in [0.25, 0.3) is 0 Å². The fourth-order valence-corrected chi connectivity index (χ4v) is 3.69. The van der Waals surface area contributed by atoms with E-state index >= 15 is 0 Å². The second-order valence-corrected chi connectivity index (χ2v) is 8.77. The lowest BCUT2D eigenvalue weighted by Crippen LogP contribution is -2.50. The number of piperidine rings is 1. The number of nitrogens with one attached hydrogen (secondary N) is 2. The summed E-state index contributed by atoms with van der Waals surface area (Å²) in [7, 11) is 0. The van der Waals surface area contributed by atoms with Crippen molar-refractivity contribution in [3.8, 4) is 5.75 Å². The minimum atomic E-state index is -0.0722. The van der Waals surface area contributed by atoms with Crippen LogP contribution in [0.3, 0.4) is 0 Å². The molecule has 1 saturated heterocycles. The van der Waals surface area contributed by atoms with E-state index in [1.54, 1.807) is 4.90 Å². The van der Waals surface area contributed by atoms with Crippen LogP contribution in [0.15, 0.2) is 24.3 Å². The molecule has 6 nitrogen and oxygen atoms in total. The van der Waals surface area contributed by atoms with Gasteiger partial charge in [-0.2, -0.15) is 0 Å². The van der Waals surface area contributed by atoms with Gasteiger partial charge < -0.3 is 20.3 Å². The molecule has 2 fully saturated rings. The van der Waals surface area contributed by atoms with E-state index in [1.165, 1.54) is 5.56 Å². The van der Waals surface area contributed by atoms with Crippen molar-refractivity contribution < 1.29 is 14.3 Å². The van der Waals surface area contributed by atoms with Crippen LogP contribution in [0.25, 0.3) is 0 Å². The van der Waals surface area contributed by atoms with Crippen molar-refractivity contribution in [2.24, 2.45) is 5.92 Å². The molecule has 0 radical (unpaired) electrons. The van der Waals surface area contributed by atoms with E-state index in [-0.39, 0.29) is 30.0 Å². The molecule has 1 aliphatic carbocycles. The number of ether oxygens (including phenoxy) is 1. The maximum Gasteiger partial charge on any atom is 0.317 e. The Morgan fingerprint density at radius 3 is 2.52 bits per heavy atom. The van der Waals surface area contributed by atoms with Crippen LogP contribution in [-0.2, 0) is 11.2 Å². The average molecular weight is 402 g/mol. The zero-order valence-electron chi connectivity index (χ0n) is 17.9. The lowest BCUT2D eigenvalue weighted by atomic mass is 9.97. The molecule has 1 heterocycles. The fraction of sp³-hybridized carbons (Fsp3) is 0.652. The highest BCUT2D eigenvalue weighted by Gasteiger charge is 2.32. The predicted octanol–water partition coefficient (Wildman–Crippen LogP) is 3.50. The SMILES string of the molecule is CC(CCc1ccc(OC(C)C)cc1)NC(=O)N1CCCC(C(=O)NC2CC2)C1. The lowest BCUT2D eigenvalue weighted by molar-refractivity contribution is -0.126. The third kappa shape index (κ3) is 6.94. The molecule has 3 rings (SSSR count). The number of aryl methyl sites for hydroxylation is 1. The van der Waals surface area contributed by atoms with Crippen LogP contribution in [0, 0.1) is 5.92 Å². The van der Waals surface area contributed by atoms with Gasteiger partial charge in [0.2, 0.25) is 5.91 Å². The first-order chi connectivity index (χ1) is 13.9. The summed E-state index contributed by atoms with van der Waals surface area (Å²) in [6.45, 7) is 7.32. The maximum atomic E-state index is 12.6. The summed E-state index contributed by atoms with van der Waals surface area (Å²) in [5.74, 6) is 0.926. The molecular formula is C23H35N3O3. The van der Waals surface area contributed by atoms with E-state index < -0.39 is 0 Å². The summed E-state index contributed by atoms with van der Waals surface area (Å²) < 4.78 is 5.67. The first kappa shape index (κ1) is 21.5. The number of carbonyl (C=O) groups excluding carboxylic acids is 2. The first-order valence-electron chi connectivity index (χ1n) is 11.0. The largest absolute Gasteiger partial charge is 0.491 e. The van der Waals surface area contributed by atoms with Crippen LogP contribution in [0.1, 0.15) is 58.4 Å². The second kappa shape index (κ2) is 9.99. The third-order valence-corrected chi connectivity index (χ3v) is 5.53. The molecule has 3 amide bonds. The Labute approximate surface area is 174 Å². The van der Waals surface area contributed by atoms with Gasteiger partial charge in [0, 0.05) is 25.2 Å². The number of rotatable bonds is 8. The Morgan fingerprint density at radius 2 is 1.86 bits per heavy atom. The molecule has 0 aromatic heterocycles. The van der Waals surface area contributed by atoms with Crippen molar-refractivity contribution in [3.05, 3.63) is 29.8 Å². The van der Waals surface area contributed by atoms with E-state index in [9.17, 15) is 9.59 Å². The maximum absolute atomic E-state index is 12.6. The normalized spacial score (nSPS) is 20.3. The van der Waals surface area contributed by atoms with Crippen LogP contribution in [0.4, 0.5) is 4.79 Å². The van der Waals surface area contributed by atoms with Gasteiger partial charge in [-0.25, -0.2) is 4.79 Å². The van der Waals surface area contributed by atoms with Gasteiger partial charge in [0.15, 0.2) is 0 Å². The Hall–Kier alpha value is -2.24. The highest BCUT2D eigenvalue weighted by molar-refractivity contribution is 5.81. The van der Waals surface area contributed by atoms with Crippen molar-refractivity contribution in [1.82, 2.24) is 15.5 Å². The summed E-state index contributed by atoms with van der Waals surface area (Å²) in [5.41, 5.74) is 1.23. The molecule has 2 N–H and O–H groups in total. The quantitative estimate of drug-likeness (QED) is 0.700. The Balaban J connectivity index is 1.40. The van der Waals surface area contributed by atoms with Crippen molar-refractivity contribution in [3.63, 3.8) is 0 Å². The number of amides is 3. The van der Waals surface area contributed by atoms with Crippen LogP contribution in [0.5, 0.6) is 5.75 Å². The van der Waals surface area contributed by atoms with E-state index in [2.05, 4.69) is 22.8 Å². The number of nitrogens with zero attached hydrogens (tertiary/aromatic N) is 1. The standard InChI is InChI=1S/C23H35N3O3/c1-16(2)29-21-12-8-18(9-13-21)7-6-17(3)24-23(28)26-14-4-5-19(15-26)22(27)25-20-10-11-20/h8-9,12-13,16-17,19-20H,4-7,10-11,14-15H2,1-3H3,(H,24,28)(H,25,27). The molecule has 1 aliphatic heterocycles. The third-order valence-electron chi connectivity index (χ3n) is 5.53. The monoisotopic (exact) mass is 401 g/mol. The Morgan fingerprint density at radius 1 is 1.14 bits per heavy atom. The molecule has 2 aliphatic rings. The molecular weight excluding hydrogens is 366 g/mol. The number of likely N-dealkylation sites (tertiary alicyclic amines) is 1. The van der Waals surface area contributed by atoms with Gasteiger partial charge in [-0.15, -0.1) is 0 Å². The average Bonchev–Trinajstić information content (AvgIpc) is 3.51. The zero-order valence-corrected chi connectivity index (χ0v) is 17.9. The summed E-state index contributed by atoms with van der Waals surface area (Å²) >= 11 is 0. The van der Waals surface area contributed by atoms with Gasteiger partial charge in [0.05, 0.1) is 12.0 Å². The first-order valence-corrected chi connectivity index (χ1v) is 11.0. The van der Waals surface area contributed by atoms with Gasteiger partial charge >= 0.3 is 6.03 Å². The summed E-state index contributed by atoms with van der Waals surface area (Å²) in [6.07, 6.45) is 5.88. The number of urea groups is 1. The molecule has 29 heavy (non-hydrogen) atoms. The lowest BCUT2D eigenvalue weighted by Gasteiger charge is -2.33. The van der Waals surface area contributed by atoms with Crippen molar-refractivity contribution >= 4 is 11.9 Å². The van der Waals surface area contributed by atoms with Crippen molar-refractivity contribution in [2.75, 3.05) is 13.1 Å². The molecule has 6 heteroatoms. The summed E-state index contributed by atoms with van der Waals surface area (Å²) in [6, 6.07) is 8.56. The Kier molecular flexibility index (Phi) is 7.40. The van der Waals surface area contributed by atoms with Crippen LogP contribution in [-0.4, -0.2) is 48.1 Å². The van der Waals surface area contributed by atoms with Crippen LogP contribution in [0.2, 0.25) is 0 Å². The molecule has 2 atom stereocenters. The van der Waals surface area contributed by atoms with Crippen LogP contribution < -0.4 is 15.4 Å². The topological polar surface area (TPSA) is 70.7 Å². The van der Waals surface area contributed by atoms with E-state index in [1.807, 2.05) is 32.9 Å². The molecule has 0 spiro atoms. The molecule has 160 valence electrons. The fourth-order valence-electron chi connectivity index (χ4n) is 3.69. The van der Waals surface area contributed by atoms with E-state index in [4.69, 9.17) is 4.74 Å². The molecule has 1 aromatic rings. The predicted molar refractivity (Wildman–Crippen MR) is 114 cm³/mol.